The number of halogens is 3. The van der Waals surface area contributed by atoms with Gasteiger partial charge in [-0.15, -0.1) is 0 Å². The molecule has 3 heterocycles. The number of hydrogen-bond donors (Lipinski definition) is 0. The van der Waals surface area contributed by atoms with Crippen LogP contribution in [0.15, 0.2) is 22.9 Å². The van der Waals surface area contributed by atoms with Crippen LogP contribution in [0.2, 0.25) is 0 Å². The summed E-state index contributed by atoms with van der Waals surface area (Å²) >= 11 is 0. The van der Waals surface area contributed by atoms with Gasteiger partial charge in [0.25, 0.3) is 5.91 Å². The van der Waals surface area contributed by atoms with Gasteiger partial charge in [0, 0.05) is 18.7 Å². The lowest BCUT2D eigenvalue weighted by molar-refractivity contribution is -0.172. The Hall–Kier alpha value is -2.32. The molecule has 21 heavy (non-hydrogen) atoms. The van der Waals surface area contributed by atoms with Gasteiger partial charge in [-0.05, 0) is 13.3 Å². The highest BCUT2D eigenvalue weighted by Crippen LogP contribution is 2.39. The Labute approximate surface area is 117 Å². The first-order valence-corrected chi connectivity index (χ1v) is 6.23. The van der Waals surface area contributed by atoms with E-state index in [0.717, 1.165) is 4.68 Å². The van der Waals surface area contributed by atoms with Gasteiger partial charge in [-0.1, -0.05) is 5.16 Å². The fourth-order valence-corrected chi connectivity index (χ4v) is 2.35. The zero-order chi connectivity index (χ0) is 15.2. The number of anilines is 1. The predicted octanol–water partition coefficient (Wildman–Crippen LogP) is 2.33. The van der Waals surface area contributed by atoms with Crippen molar-refractivity contribution in [1.29, 1.82) is 0 Å². The molecule has 1 amide bonds. The van der Waals surface area contributed by atoms with Crippen LogP contribution < -0.4 is 4.90 Å². The van der Waals surface area contributed by atoms with Gasteiger partial charge in [0.1, 0.15) is 5.82 Å². The van der Waals surface area contributed by atoms with Gasteiger partial charge in [0.05, 0.1) is 11.9 Å². The first-order chi connectivity index (χ1) is 9.88. The van der Waals surface area contributed by atoms with Gasteiger partial charge in [0.2, 0.25) is 5.76 Å². The summed E-state index contributed by atoms with van der Waals surface area (Å²) in [5.41, 5.74) is 0.525. The average Bonchev–Trinajstić information content (AvgIpc) is 3.03. The second-order valence-corrected chi connectivity index (χ2v) is 4.77. The van der Waals surface area contributed by atoms with Crippen LogP contribution in [0, 0.1) is 6.92 Å². The highest BCUT2D eigenvalue weighted by molar-refractivity contribution is 6.03. The first kappa shape index (κ1) is 13.7. The molecule has 0 radical (unpaired) electrons. The molecule has 3 rings (SSSR count). The molecule has 0 aromatic carbocycles. The number of nitrogens with zero attached hydrogens (tertiary/aromatic N) is 4. The Balaban J connectivity index is 1.94. The summed E-state index contributed by atoms with van der Waals surface area (Å²) in [7, 11) is 0. The predicted molar refractivity (Wildman–Crippen MR) is 64.9 cm³/mol. The van der Waals surface area contributed by atoms with Crippen LogP contribution in [0.3, 0.4) is 0 Å². The summed E-state index contributed by atoms with van der Waals surface area (Å²) in [6.45, 7) is 1.59. The number of fused-ring (bicyclic) bond motifs is 1. The number of amides is 1. The topological polar surface area (TPSA) is 64.2 Å². The zero-order valence-corrected chi connectivity index (χ0v) is 11.0. The molecule has 0 saturated carbocycles. The third kappa shape index (κ3) is 2.28. The van der Waals surface area contributed by atoms with Crippen LogP contribution in [0.1, 0.15) is 28.7 Å². The van der Waals surface area contributed by atoms with Gasteiger partial charge < -0.3 is 4.52 Å². The van der Waals surface area contributed by atoms with Gasteiger partial charge >= 0.3 is 6.18 Å². The number of aryl methyl sites for hydroxylation is 1. The summed E-state index contributed by atoms with van der Waals surface area (Å²) < 4.78 is 44.6. The minimum atomic E-state index is -4.40. The van der Waals surface area contributed by atoms with E-state index >= 15 is 0 Å². The Morgan fingerprint density at radius 2 is 2.24 bits per heavy atom. The molecule has 0 unspecified atom stereocenters. The van der Waals surface area contributed by atoms with E-state index in [2.05, 4.69) is 10.3 Å². The average molecular weight is 300 g/mol. The number of alkyl halides is 3. The van der Waals surface area contributed by atoms with E-state index in [1.165, 1.54) is 23.2 Å². The molecule has 112 valence electrons. The van der Waals surface area contributed by atoms with E-state index < -0.39 is 18.1 Å². The Morgan fingerprint density at radius 3 is 2.86 bits per heavy atom. The maximum atomic E-state index is 13.0. The number of rotatable bonds is 1. The Bertz CT molecular complexity index is 676. The number of aromatic nitrogens is 3. The second-order valence-electron chi connectivity index (χ2n) is 4.77. The minimum absolute atomic E-state index is 0.00860. The summed E-state index contributed by atoms with van der Waals surface area (Å²) in [5, 5.41) is 7.30. The fraction of sp³-hybridized carbons (Fsp3) is 0.417. The molecular formula is C12H11F3N4O2. The van der Waals surface area contributed by atoms with E-state index in [-0.39, 0.29) is 24.5 Å². The van der Waals surface area contributed by atoms with Gasteiger partial charge in [-0.2, -0.15) is 18.3 Å². The van der Waals surface area contributed by atoms with Crippen molar-refractivity contribution >= 4 is 11.7 Å². The normalized spacial score (nSPS) is 18.7. The molecule has 0 aliphatic carbocycles. The standard InChI is InChI=1S/C12H11F3N4O2/c1-7-6-8(21-17-7)11(20)18-5-3-9(12(13,14)15)19-10(18)2-4-16-19/h2,4,6,9H,3,5H2,1H3/t9-/m1/s1. The Morgan fingerprint density at radius 1 is 1.48 bits per heavy atom. The van der Waals surface area contributed by atoms with Gasteiger partial charge in [0.15, 0.2) is 6.04 Å². The lowest BCUT2D eigenvalue weighted by atomic mass is 10.1. The largest absolute Gasteiger partial charge is 0.410 e. The van der Waals surface area contributed by atoms with Crippen molar-refractivity contribution in [3.05, 3.63) is 29.8 Å². The molecule has 1 atom stereocenters. The van der Waals surface area contributed by atoms with Gasteiger partial charge in [-0.25, -0.2) is 4.68 Å². The quantitative estimate of drug-likeness (QED) is 0.811. The fourth-order valence-electron chi connectivity index (χ4n) is 2.35. The van der Waals surface area contributed by atoms with E-state index in [0.29, 0.717) is 5.69 Å². The maximum absolute atomic E-state index is 13.0. The van der Waals surface area contributed by atoms with Crippen molar-refractivity contribution in [1.82, 2.24) is 14.9 Å². The molecule has 2 aromatic heterocycles. The molecule has 0 spiro atoms. The number of carbonyl (C=O) groups is 1. The molecule has 0 bridgehead atoms. The smallest absolute Gasteiger partial charge is 0.351 e. The van der Waals surface area contributed by atoms with Crippen LogP contribution in [-0.4, -0.2) is 33.6 Å². The molecule has 1 aliphatic rings. The van der Waals surface area contributed by atoms with E-state index in [4.69, 9.17) is 4.52 Å². The zero-order valence-electron chi connectivity index (χ0n) is 11.0. The first-order valence-electron chi connectivity index (χ1n) is 6.23. The van der Waals surface area contributed by atoms with E-state index in [9.17, 15) is 18.0 Å². The summed E-state index contributed by atoms with van der Waals surface area (Å²) in [4.78, 5) is 13.5. The Kier molecular flexibility index (Phi) is 2.99. The van der Waals surface area contributed by atoms with Crippen molar-refractivity contribution in [2.75, 3.05) is 11.4 Å². The van der Waals surface area contributed by atoms with Crippen molar-refractivity contribution in [3.63, 3.8) is 0 Å². The van der Waals surface area contributed by atoms with E-state index in [1.54, 1.807) is 6.92 Å². The second kappa shape index (κ2) is 4.61. The highest BCUT2D eigenvalue weighted by atomic mass is 19.4. The minimum Gasteiger partial charge on any atom is -0.351 e. The summed E-state index contributed by atoms with van der Waals surface area (Å²) in [6, 6.07) is 1.10. The molecular weight excluding hydrogens is 289 g/mol. The van der Waals surface area contributed by atoms with Crippen LogP contribution >= 0.6 is 0 Å². The summed E-state index contributed by atoms with van der Waals surface area (Å²) in [6.07, 6.45) is -3.42. The third-order valence-electron chi connectivity index (χ3n) is 3.31. The molecule has 0 saturated heterocycles. The van der Waals surface area contributed by atoms with Gasteiger partial charge in [-0.3, -0.25) is 9.69 Å². The molecule has 0 N–H and O–H groups in total. The van der Waals surface area contributed by atoms with E-state index in [1.807, 2.05) is 0 Å². The van der Waals surface area contributed by atoms with Crippen molar-refractivity contribution in [2.24, 2.45) is 0 Å². The number of hydrogen-bond acceptors (Lipinski definition) is 4. The lowest BCUT2D eigenvalue weighted by Gasteiger charge is -2.33. The van der Waals surface area contributed by atoms with Crippen LogP contribution in [0.25, 0.3) is 0 Å². The maximum Gasteiger partial charge on any atom is 0.410 e. The third-order valence-corrected chi connectivity index (χ3v) is 3.31. The number of carbonyl (C=O) groups excluding carboxylic acids is 1. The molecule has 2 aromatic rings. The SMILES string of the molecule is Cc1cc(C(=O)N2CC[C@H](C(F)(F)F)n3nccc32)on1. The van der Waals surface area contributed by atoms with Crippen LogP contribution in [-0.2, 0) is 0 Å². The monoisotopic (exact) mass is 300 g/mol. The molecule has 0 fully saturated rings. The lowest BCUT2D eigenvalue weighted by Crippen LogP contribution is -2.43. The summed E-state index contributed by atoms with van der Waals surface area (Å²) in [5.74, 6) is -0.439. The van der Waals surface area contributed by atoms with Crippen molar-refractivity contribution in [3.8, 4) is 0 Å². The van der Waals surface area contributed by atoms with Crippen LogP contribution in [0.5, 0.6) is 0 Å². The molecule has 9 heteroatoms. The highest BCUT2D eigenvalue weighted by Gasteiger charge is 2.46. The van der Waals surface area contributed by atoms with Crippen molar-refractivity contribution < 1.29 is 22.5 Å². The molecule has 6 nitrogen and oxygen atoms in total. The van der Waals surface area contributed by atoms with Crippen LogP contribution in [0.4, 0.5) is 19.0 Å². The van der Waals surface area contributed by atoms with Crippen molar-refractivity contribution in [2.45, 2.75) is 25.6 Å². The molecule has 1 aliphatic heterocycles.